The number of aromatic nitrogens is 1. The Bertz CT molecular complexity index is 625. The van der Waals surface area contributed by atoms with Gasteiger partial charge in [0.2, 0.25) is 5.88 Å². The third-order valence-electron chi connectivity index (χ3n) is 2.80. The quantitative estimate of drug-likeness (QED) is 0.848. The molecule has 5 nitrogen and oxygen atoms in total. The molecule has 0 spiro atoms. The molecular weight excluding hydrogens is 258 g/mol. The number of carbonyl (C=O) groups is 1. The van der Waals surface area contributed by atoms with Crippen molar-refractivity contribution in [1.29, 1.82) is 0 Å². The van der Waals surface area contributed by atoms with Crippen LogP contribution in [0.4, 0.5) is 0 Å². The van der Waals surface area contributed by atoms with Gasteiger partial charge in [-0.3, -0.25) is 4.79 Å². The van der Waals surface area contributed by atoms with Crippen molar-refractivity contribution in [2.75, 3.05) is 7.11 Å². The van der Waals surface area contributed by atoms with Gasteiger partial charge in [0.25, 0.3) is 0 Å². The fraction of sp³-hybridized carbons (Fsp3) is 0.200. The van der Waals surface area contributed by atoms with Crippen LogP contribution >= 0.6 is 0 Å². The number of aliphatic hydroxyl groups is 1. The lowest BCUT2D eigenvalue weighted by Crippen LogP contribution is -1.96. The van der Waals surface area contributed by atoms with Gasteiger partial charge in [0.15, 0.2) is 17.8 Å². The van der Waals surface area contributed by atoms with E-state index in [1.807, 2.05) is 6.92 Å². The molecule has 1 N–H and O–H groups in total. The van der Waals surface area contributed by atoms with Crippen molar-refractivity contribution >= 4 is 6.29 Å². The van der Waals surface area contributed by atoms with E-state index in [2.05, 4.69) is 4.98 Å². The number of aryl methyl sites for hydroxylation is 1. The molecule has 0 amide bonds. The molecule has 0 radical (unpaired) electrons. The second-order valence-electron chi connectivity index (χ2n) is 4.25. The van der Waals surface area contributed by atoms with Gasteiger partial charge < -0.3 is 14.6 Å². The van der Waals surface area contributed by atoms with Crippen LogP contribution in [0, 0.1) is 6.92 Å². The number of pyridine rings is 1. The van der Waals surface area contributed by atoms with Crippen molar-refractivity contribution in [2.24, 2.45) is 0 Å². The fourth-order valence-electron chi connectivity index (χ4n) is 1.75. The summed E-state index contributed by atoms with van der Waals surface area (Å²) in [5.74, 6) is 1.42. The Balaban J connectivity index is 2.32. The molecule has 0 aliphatic heterocycles. The summed E-state index contributed by atoms with van der Waals surface area (Å²) in [6.45, 7) is 1.74. The van der Waals surface area contributed by atoms with Crippen LogP contribution in [0.15, 0.2) is 30.5 Å². The number of methoxy groups -OCH3 is 1. The predicted molar refractivity (Wildman–Crippen MR) is 73.4 cm³/mol. The predicted octanol–water partition coefficient (Wildman–Crippen LogP) is 2.50. The van der Waals surface area contributed by atoms with Gasteiger partial charge >= 0.3 is 0 Å². The van der Waals surface area contributed by atoms with Crippen molar-refractivity contribution in [1.82, 2.24) is 4.98 Å². The van der Waals surface area contributed by atoms with E-state index >= 15 is 0 Å². The van der Waals surface area contributed by atoms with Crippen LogP contribution in [0.25, 0.3) is 0 Å². The number of nitrogens with zero attached hydrogens (tertiary/aromatic N) is 1. The van der Waals surface area contributed by atoms with Crippen molar-refractivity contribution < 1.29 is 19.4 Å². The molecule has 0 saturated heterocycles. The van der Waals surface area contributed by atoms with Crippen LogP contribution in [-0.2, 0) is 6.61 Å². The number of ether oxygens (including phenoxy) is 2. The first-order valence-corrected chi connectivity index (χ1v) is 6.05. The molecule has 2 rings (SSSR count). The molecule has 0 aliphatic rings. The monoisotopic (exact) mass is 273 g/mol. The van der Waals surface area contributed by atoms with Gasteiger partial charge in [0.1, 0.15) is 0 Å². The second-order valence-corrected chi connectivity index (χ2v) is 4.25. The molecule has 5 heteroatoms. The Labute approximate surface area is 116 Å². The molecule has 2 aromatic rings. The van der Waals surface area contributed by atoms with Crippen LogP contribution in [0.1, 0.15) is 21.5 Å². The Kier molecular flexibility index (Phi) is 4.32. The summed E-state index contributed by atoms with van der Waals surface area (Å²) in [6, 6.07) is 6.85. The number of hydrogen-bond acceptors (Lipinski definition) is 5. The number of rotatable bonds is 5. The molecule has 104 valence electrons. The molecule has 0 fully saturated rings. The normalized spacial score (nSPS) is 10.2. The van der Waals surface area contributed by atoms with E-state index in [1.165, 1.54) is 13.3 Å². The van der Waals surface area contributed by atoms with Gasteiger partial charge in [-0.25, -0.2) is 4.98 Å². The molecule has 0 saturated carbocycles. The number of aliphatic hydroxyl groups excluding tert-OH is 1. The van der Waals surface area contributed by atoms with Crippen LogP contribution in [-0.4, -0.2) is 23.5 Å². The van der Waals surface area contributed by atoms with Crippen LogP contribution < -0.4 is 9.47 Å². The van der Waals surface area contributed by atoms with E-state index in [0.717, 1.165) is 17.4 Å². The zero-order chi connectivity index (χ0) is 14.5. The summed E-state index contributed by atoms with van der Waals surface area (Å²) >= 11 is 0. The summed E-state index contributed by atoms with van der Waals surface area (Å²) in [7, 11) is 1.53. The number of carbonyl (C=O) groups excluding carboxylic acids is 1. The van der Waals surface area contributed by atoms with Crippen molar-refractivity contribution in [3.8, 4) is 17.4 Å². The van der Waals surface area contributed by atoms with E-state index in [9.17, 15) is 4.79 Å². The SMILES string of the molecule is COc1cc(CO)ccc1Oc1ncc(C=O)cc1C. The van der Waals surface area contributed by atoms with Crippen molar-refractivity contribution in [3.63, 3.8) is 0 Å². The van der Waals surface area contributed by atoms with Crippen LogP contribution in [0.3, 0.4) is 0 Å². The average molecular weight is 273 g/mol. The summed E-state index contributed by atoms with van der Waals surface area (Å²) in [5.41, 5.74) is 1.98. The second kappa shape index (κ2) is 6.16. The summed E-state index contributed by atoms with van der Waals surface area (Å²) in [4.78, 5) is 14.8. The Morgan fingerprint density at radius 1 is 1.30 bits per heavy atom. The van der Waals surface area contributed by atoms with E-state index in [4.69, 9.17) is 14.6 Å². The molecule has 0 atom stereocenters. The Morgan fingerprint density at radius 3 is 2.70 bits per heavy atom. The first-order chi connectivity index (χ1) is 9.67. The van der Waals surface area contributed by atoms with Gasteiger partial charge in [-0.1, -0.05) is 6.07 Å². The largest absolute Gasteiger partial charge is 0.493 e. The van der Waals surface area contributed by atoms with E-state index < -0.39 is 0 Å². The van der Waals surface area contributed by atoms with Crippen LogP contribution in [0.2, 0.25) is 0 Å². The maximum atomic E-state index is 10.7. The summed E-state index contributed by atoms with van der Waals surface area (Å²) < 4.78 is 10.9. The Hall–Kier alpha value is -2.40. The third kappa shape index (κ3) is 2.95. The summed E-state index contributed by atoms with van der Waals surface area (Å²) in [5, 5.41) is 9.10. The lowest BCUT2D eigenvalue weighted by Gasteiger charge is -2.12. The van der Waals surface area contributed by atoms with E-state index in [0.29, 0.717) is 22.9 Å². The highest BCUT2D eigenvalue weighted by Crippen LogP contribution is 2.32. The zero-order valence-corrected chi connectivity index (χ0v) is 11.3. The molecule has 1 heterocycles. The highest BCUT2D eigenvalue weighted by atomic mass is 16.5. The first kappa shape index (κ1) is 14.0. The topological polar surface area (TPSA) is 68.7 Å². The number of hydrogen-bond donors (Lipinski definition) is 1. The van der Waals surface area contributed by atoms with Crippen LogP contribution in [0.5, 0.6) is 17.4 Å². The van der Waals surface area contributed by atoms with Gasteiger partial charge in [0, 0.05) is 17.3 Å². The highest BCUT2D eigenvalue weighted by Gasteiger charge is 2.10. The van der Waals surface area contributed by atoms with E-state index in [1.54, 1.807) is 24.3 Å². The molecule has 0 unspecified atom stereocenters. The molecule has 0 bridgehead atoms. The van der Waals surface area contributed by atoms with Crippen molar-refractivity contribution in [3.05, 3.63) is 47.2 Å². The smallest absolute Gasteiger partial charge is 0.222 e. The van der Waals surface area contributed by atoms with Gasteiger partial charge in [0.05, 0.1) is 13.7 Å². The zero-order valence-electron chi connectivity index (χ0n) is 11.3. The standard InChI is InChI=1S/C15H15NO4/c1-10-5-12(9-18)7-16-15(10)20-13-4-3-11(8-17)6-14(13)19-2/h3-7,9,17H,8H2,1-2H3. The van der Waals surface area contributed by atoms with E-state index in [-0.39, 0.29) is 6.61 Å². The lowest BCUT2D eigenvalue weighted by atomic mass is 10.2. The lowest BCUT2D eigenvalue weighted by molar-refractivity contribution is 0.112. The number of aldehydes is 1. The Morgan fingerprint density at radius 2 is 2.10 bits per heavy atom. The average Bonchev–Trinajstić information content (AvgIpc) is 2.49. The fourth-order valence-corrected chi connectivity index (χ4v) is 1.75. The molecule has 1 aromatic carbocycles. The minimum absolute atomic E-state index is 0.0675. The first-order valence-electron chi connectivity index (χ1n) is 6.05. The van der Waals surface area contributed by atoms with Crippen molar-refractivity contribution in [2.45, 2.75) is 13.5 Å². The molecule has 20 heavy (non-hydrogen) atoms. The van der Waals surface area contributed by atoms with Gasteiger partial charge in [-0.15, -0.1) is 0 Å². The molecule has 0 aliphatic carbocycles. The number of benzene rings is 1. The van der Waals surface area contributed by atoms with Gasteiger partial charge in [-0.05, 0) is 30.7 Å². The highest BCUT2D eigenvalue weighted by molar-refractivity contribution is 5.74. The molecule has 1 aromatic heterocycles. The maximum Gasteiger partial charge on any atom is 0.222 e. The molecular formula is C15H15NO4. The maximum absolute atomic E-state index is 10.7. The third-order valence-corrected chi connectivity index (χ3v) is 2.80. The minimum atomic E-state index is -0.0675. The summed E-state index contributed by atoms with van der Waals surface area (Å²) in [6.07, 6.45) is 2.18. The minimum Gasteiger partial charge on any atom is -0.493 e. The van der Waals surface area contributed by atoms with Gasteiger partial charge in [-0.2, -0.15) is 0 Å².